The maximum Gasteiger partial charge on any atom is 0.256 e. The normalized spacial score (nSPS) is 16.7. The first-order valence-electron chi connectivity index (χ1n) is 8.23. The van der Waals surface area contributed by atoms with Crippen molar-refractivity contribution in [2.45, 2.75) is 19.4 Å². The van der Waals surface area contributed by atoms with E-state index in [2.05, 4.69) is 5.32 Å². The standard InChI is InChI=1S/C19H19ClN2O4/c1-3-26-14-7-5-13(6-8-14)22-18(23)11-16(19(22)24)21-12-4-9-17(25-2)15(20)10-12/h4-10,16,21H,3,11H2,1-2H3/t16-/m1/s1. The summed E-state index contributed by atoms with van der Waals surface area (Å²) in [6.45, 7) is 2.44. The topological polar surface area (TPSA) is 67.9 Å². The molecule has 0 unspecified atom stereocenters. The molecule has 7 heteroatoms. The van der Waals surface area contributed by atoms with Crippen LogP contribution in [-0.2, 0) is 9.59 Å². The van der Waals surface area contributed by atoms with Crippen LogP contribution in [0.5, 0.6) is 11.5 Å². The molecule has 1 heterocycles. The van der Waals surface area contributed by atoms with Gasteiger partial charge in [0.25, 0.3) is 5.91 Å². The van der Waals surface area contributed by atoms with Gasteiger partial charge in [0.1, 0.15) is 17.5 Å². The maximum absolute atomic E-state index is 12.7. The van der Waals surface area contributed by atoms with E-state index in [0.29, 0.717) is 34.5 Å². The number of nitrogens with one attached hydrogen (secondary N) is 1. The number of rotatable bonds is 6. The van der Waals surface area contributed by atoms with Crippen LogP contribution < -0.4 is 19.7 Å². The Morgan fingerprint density at radius 3 is 2.54 bits per heavy atom. The number of hydrogen-bond acceptors (Lipinski definition) is 5. The molecule has 0 aromatic heterocycles. The van der Waals surface area contributed by atoms with Crippen molar-refractivity contribution in [3.63, 3.8) is 0 Å². The maximum atomic E-state index is 12.7. The van der Waals surface area contributed by atoms with E-state index in [9.17, 15) is 9.59 Å². The lowest BCUT2D eigenvalue weighted by Gasteiger charge is -2.17. The lowest BCUT2D eigenvalue weighted by Crippen LogP contribution is -2.34. The van der Waals surface area contributed by atoms with E-state index < -0.39 is 6.04 Å². The van der Waals surface area contributed by atoms with E-state index in [1.54, 1.807) is 42.5 Å². The van der Waals surface area contributed by atoms with Gasteiger partial charge >= 0.3 is 0 Å². The van der Waals surface area contributed by atoms with Crippen LogP contribution in [0.4, 0.5) is 11.4 Å². The van der Waals surface area contributed by atoms with Crippen LogP contribution >= 0.6 is 11.6 Å². The fourth-order valence-electron chi connectivity index (χ4n) is 2.83. The van der Waals surface area contributed by atoms with Crippen molar-refractivity contribution in [1.82, 2.24) is 0 Å². The second-order valence-electron chi connectivity index (χ2n) is 5.74. The zero-order valence-corrected chi connectivity index (χ0v) is 15.2. The van der Waals surface area contributed by atoms with Crippen molar-refractivity contribution in [2.75, 3.05) is 23.9 Å². The average molecular weight is 375 g/mol. The van der Waals surface area contributed by atoms with E-state index in [4.69, 9.17) is 21.1 Å². The number of nitrogens with zero attached hydrogens (tertiary/aromatic N) is 1. The van der Waals surface area contributed by atoms with Gasteiger partial charge in [0.15, 0.2) is 0 Å². The Bertz CT molecular complexity index is 823. The fraction of sp³-hybridized carbons (Fsp3) is 0.263. The summed E-state index contributed by atoms with van der Waals surface area (Å²) >= 11 is 6.11. The third-order valence-corrected chi connectivity index (χ3v) is 4.34. The van der Waals surface area contributed by atoms with Crippen LogP contribution in [0.2, 0.25) is 5.02 Å². The van der Waals surface area contributed by atoms with Crippen molar-refractivity contribution in [3.8, 4) is 11.5 Å². The number of imide groups is 1. The molecule has 1 fully saturated rings. The van der Waals surface area contributed by atoms with E-state index in [1.165, 1.54) is 12.0 Å². The molecule has 1 aliphatic heterocycles. The van der Waals surface area contributed by atoms with Crippen LogP contribution in [0.3, 0.4) is 0 Å². The summed E-state index contributed by atoms with van der Waals surface area (Å²) in [5.41, 5.74) is 1.18. The van der Waals surface area contributed by atoms with Crippen molar-refractivity contribution in [1.29, 1.82) is 0 Å². The predicted octanol–water partition coefficient (Wildman–Crippen LogP) is 3.49. The Balaban J connectivity index is 1.75. The highest BCUT2D eigenvalue weighted by Crippen LogP contribution is 2.30. The van der Waals surface area contributed by atoms with E-state index >= 15 is 0 Å². The van der Waals surface area contributed by atoms with Gasteiger partial charge in [-0.15, -0.1) is 0 Å². The SMILES string of the molecule is CCOc1ccc(N2C(=O)C[C@@H](Nc3ccc(OC)c(Cl)c3)C2=O)cc1. The lowest BCUT2D eigenvalue weighted by molar-refractivity contribution is -0.121. The van der Waals surface area contributed by atoms with Crippen molar-refractivity contribution in [3.05, 3.63) is 47.5 Å². The molecule has 0 saturated carbocycles. The number of hydrogen-bond donors (Lipinski definition) is 1. The quantitative estimate of drug-likeness (QED) is 0.784. The van der Waals surface area contributed by atoms with Crippen LogP contribution in [0, 0.1) is 0 Å². The summed E-state index contributed by atoms with van der Waals surface area (Å²) in [6.07, 6.45) is 0.0791. The number of carbonyl (C=O) groups is 2. The number of ether oxygens (including phenoxy) is 2. The smallest absolute Gasteiger partial charge is 0.256 e. The number of halogens is 1. The monoisotopic (exact) mass is 374 g/mol. The summed E-state index contributed by atoms with van der Waals surface area (Å²) in [7, 11) is 1.53. The molecule has 0 spiro atoms. The van der Waals surface area contributed by atoms with Gasteiger partial charge in [-0.05, 0) is 49.4 Å². The Labute approximate surface area is 156 Å². The molecule has 1 N–H and O–H groups in total. The number of methoxy groups -OCH3 is 1. The van der Waals surface area contributed by atoms with Crippen LogP contribution in [0.25, 0.3) is 0 Å². The van der Waals surface area contributed by atoms with Crippen LogP contribution in [0.15, 0.2) is 42.5 Å². The minimum atomic E-state index is -0.640. The summed E-state index contributed by atoms with van der Waals surface area (Å²) < 4.78 is 10.5. The molecule has 3 rings (SSSR count). The number of carbonyl (C=O) groups excluding carboxylic acids is 2. The van der Waals surface area contributed by atoms with Crippen LogP contribution in [-0.4, -0.2) is 31.6 Å². The number of anilines is 2. The highest BCUT2D eigenvalue weighted by Gasteiger charge is 2.39. The molecule has 1 aliphatic rings. The molecule has 26 heavy (non-hydrogen) atoms. The molecule has 2 aromatic carbocycles. The third-order valence-electron chi connectivity index (χ3n) is 4.05. The van der Waals surface area contributed by atoms with Crippen molar-refractivity contribution in [2.24, 2.45) is 0 Å². The molecular weight excluding hydrogens is 356 g/mol. The molecule has 0 aliphatic carbocycles. The minimum absolute atomic E-state index is 0.0791. The molecule has 0 radical (unpaired) electrons. The second-order valence-corrected chi connectivity index (χ2v) is 6.15. The Hall–Kier alpha value is -2.73. The van der Waals surface area contributed by atoms with Crippen molar-refractivity contribution >= 4 is 34.8 Å². The predicted molar refractivity (Wildman–Crippen MR) is 100 cm³/mol. The van der Waals surface area contributed by atoms with Crippen molar-refractivity contribution < 1.29 is 19.1 Å². The summed E-state index contributed by atoms with van der Waals surface area (Å²) in [5, 5.41) is 3.50. The molecule has 6 nitrogen and oxygen atoms in total. The zero-order chi connectivity index (χ0) is 18.7. The second kappa shape index (κ2) is 7.66. The molecule has 1 atom stereocenters. The largest absolute Gasteiger partial charge is 0.495 e. The number of benzene rings is 2. The van der Waals surface area contributed by atoms with E-state index in [1.807, 2.05) is 6.92 Å². The highest BCUT2D eigenvalue weighted by atomic mass is 35.5. The van der Waals surface area contributed by atoms with Gasteiger partial charge in [0.05, 0.1) is 30.8 Å². The summed E-state index contributed by atoms with van der Waals surface area (Å²) in [5.74, 6) is 0.683. The Kier molecular flexibility index (Phi) is 5.32. The van der Waals surface area contributed by atoms with Gasteiger partial charge in [0, 0.05) is 5.69 Å². The summed E-state index contributed by atoms with van der Waals surface area (Å²) in [4.78, 5) is 26.2. The van der Waals surface area contributed by atoms with Crippen LogP contribution in [0.1, 0.15) is 13.3 Å². The average Bonchev–Trinajstić information content (AvgIpc) is 2.90. The van der Waals surface area contributed by atoms with Gasteiger partial charge in [-0.3, -0.25) is 9.59 Å². The summed E-state index contributed by atoms with van der Waals surface area (Å²) in [6, 6.07) is 11.4. The van der Waals surface area contributed by atoms with E-state index in [0.717, 1.165) is 0 Å². The van der Waals surface area contributed by atoms with Gasteiger partial charge in [-0.25, -0.2) is 4.90 Å². The lowest BCUT2D eigenvalue weighted by atomic mass is 10.2. The molecule has 2 aromatic rings. The molecule has 2 amide bonds. The fourth-order valence-corrected chi connectivity index (χ4v) is 3.09. The number of amides is 2. The van der Waals surface area contributed by atoms with E-state index in [-0.39, 0.29) is 18.2 Å². The first-order valence-corrected chi connectivity index (χ1v) is 8.61. The van der Waals surface area contributed by atoms with Gasteiger partial charge < -0.3 is 14.8 Å². The Morgan fingerprint density at radius 2 is 1.92 bits per heavy atom. The highest BCUT2D eigenvalue weighted by molar-refractivity contribution is 6.32. The Morgan fingerprint density at radius 1 is 1.19 bits per heavy atom. The molecule has 0 bridgehead atoms. The molecule has 136 valence electrons. The first-order chi connectivity index (χ1) is 12.5. The zero-order valence-electron chi connectivity index (χ0n) is 14.5. The molecule has 1 saturated heterocycles. The molecular formula is C19H19ClN2O4. The van der Waals surface area contributed by atoms with Gasteiger partial charge in [-0.1, -0.05) is 11.6 Å². The third kappa shape index (κ3) is 3.60. The van der Waals surface area contributed by atoms with Gasteiger partial charge in [0.2, 0.25) is 5.91 Å². The first kappa shape index (κ1) is 18.1. The minimum Gasteiger partial charge on any atom is -0.495 e. The van der Waals surface area contributed by atoms with Gasteiger partial charge in [-0.2, -0.15) is 0 Å².